The monoisotopic (exact) mass is 405 g/mol. The number of hydrogen-bond acceptors (Lipinski definition) is 2. The number of hydrogen-bond donors (Lipinski definition) is 1. The van der Waals surface area contributed by atoms with Crippen molar-refractivity contribution >= 4 is 0 Å². The van der Waals surface area contributed by atoms with Crippen molar-refractivity contribution < 1.29 is 0 Å². The Kier molecular flexibility index (Phi) is 2.37. The third kappa shape index (κ3) is 1.54. The fourth-order valence-electron chi connectivity index (χ4n) is 0.681. The van der Waals surface area contributed by atoms with E-state index < -0.39 is 0 Å². The second kappa shape index (κ2) is 3.00. The number of aryl methyl sites for hydroxylation is 1. The van der Waals surface area contributed by atoms with E-state index in [4.69, 9.17) is 0 Å². The van der Waals surface area contributed by atoms with E-state index in [-0.39, 0.29) is 5.69 Å². The largest absolute Gasteiger partial charge is 0.409 e. The van der Waals surface area contributed by atoms with Crippen LogP contribution in [0, 0.1) is 6.92 Å². The first-order valence-electron chi connectivity index (χ1n) is 2.90. The Morgan fingerprint density at radius 3 is 2.73 bits per heavy atom. The van der Waals surface area contributed by atoms with Gasteiger partial charge in [0.25, 0.3) is 0 Å². The molecule has 0 aromatic carbocycles. The van der Waals surface area contributed by atoms with Crippen molar-refractivity contribution in [3.63, 3.8) is 0 Å². The van der Waals surface area contributed by atoms with Crippen LogP contribution in [0.25, 0.3) is 0 Å². The average Bonchev–Trinajstić information content (AvgIpc) is 1.94. The molecule has 1 aromatic rings. The Labute approximate surface area is 57.7 Å². The molecule has 0 spiro atoms. The van der Waals surface area contributed by atoms with Crippen LogP contribution in [-0.2, 0) is 0 Å². The second-order valence-electron chi connectivity index (χ2n) is 1.94. The van der Waals surface area contributed by atoms with E-state index in [1.165, 1.54) is 6.20 Å². The van der Waals surface area contributed by atoms with E-state index in [0.717, 1.165) is 5.56 Å². The van der Waals surface area contributed by atoms with Gasteiger partial charge in [-0.25, -0.2) is 0 Å². The summed E-state index contributed by atoms with van der Waals surface area (Å²) >= 11 is 0. The standard InChI is InChI=1S/C6H9N3O.Rf/c1-4-3-8-6(10)9-5(4)7-2;/h3H,1-2H3,(H2,7,8,9,10);/p-1. The van der Waals surface area contributed by atoms with Crippen molar-refractivity contribution in [2.45, 2.75) is 6.92 Å². The van der Waals surface area contributed by atoms with Crippen molar-refractivity contribution in [2.24, 2.45) is 4.99 Å². The maximum atomic E-state index is 10.6. The molecule has 1 N–H and O–H groups in total. The quantitative estimate of drug-likeness (QED) is 0.613. The summed E-state index contributed by atoms with van der Waals surface area (Å²) in [6, 6.07) is 0. The molecule has 56 valence electrons. The molecule has 0 amide bonds. The summed E-state index contributed by atoms with van der Waals surface area (Å²) in [5.41, 5.74) is 1.12. The zero-order chi connectivity index (χ0) is 7.56. The van der Waals surface area contributed by atoms with E-state index in [0.29, 0.717) is 5.49 Å². The molecule has 0 saturated heterocycles. The molecule has 1 heterocycles. The smallest absolute Gasteiger partial charge is 0.160 e. The molecule has 0 aliphatic carbocycles. The minimum Gasteiger partial charge on any atom is -0.409 e. The molecular weight excluding hydrogens is 397 g/mol. The summed E-state index contributed by atoms with van der Waals surface area (Å²) < 4.78 is 0. The second-order valence-corrected chi connectivity index (χ2v) is 1.94. The number of nitrogens with zero attached hydrogens (tertiary/aromatic N) is 2. The number of H-pyrrole nitrogens is 1. The number of aromatic nitrogens is 2. The van der Waals surface area contributed by atoms with E-state index in [9.17, 15) is 4.79 Å². The van der Waals surface area contributed by atoms with E-state index in [1.807, 2.05) is 6.92 Å². The van der Waals surface area contributed by atoms with Crippen LogP contribution in [0.3, 0.4) is 0 Å². The van der Waals surface area contributed by atoms with Crippen LogP contribution in [-0.4, -0.2) is 12.0 Å². The van der Waals surface area contributed by atoms with Crippen molar-refractivity contribution in [1.29, 1.82) is 0 Å². The molecule has 11 heavy (non-hydrogen) atoms. The van der Waals surface area contributed by atoms with Crippen LogP contribution in [0.15, 0.2) is 16.0 Å². The van der Waals surface area contributed by atoms with Gasteiger partial charge in [0.05, 0.1) is 0 Å². The molecule has 0 atom stereocenters. The maximum absolute atomic E-state index is 10.6. The first-order valence-corrected chi connectivity index (χ1v) is 2.90. The van der Waals surface area contributed by atoms with Gasteiger partial charge in [-0.05, 0) is 12.5 Å². The molecule has 0 unspecified atom stereocenters. The van der Waals surface area contributed by atoms with Gasteiger partial charge >= 0.3 is 0 Å². The van der Waals surface area contributed by atoms with E-state index >= 15 is 0 Å². The molecule has 4 nitrogen and oxygen atoms in total. The van der Waals surface area contributed by atoms with Gasteiger partial charge in [0.2, 0.25) is 0 Å². The number of rotatable bonds is 0. The zero-order valence-electron chi connectivity index (χ0n) is 6.59. The molecule has 5 heteroatoms. The normalized spacial score (nSPS) is 10.9. The van der Waals surface area contributed by atoms with E-state index in [2.05, 4.69) is 15.0 Å². The molecule has 1 rings (SSSR count). The fourth-order valence-corrected chi connectivity index (χ4v) is 0.681. The summed E-state index contributed by atoms with van der Waals surface area (Å²) in [5.74, 6) is 0. The van der Waals surface area contributed by atoms with Crippen molar-refractivity contribution in [1.82, 2.24) is 9.97 Å². The molecule has 0 fully saturated rings. The third-order valence-electron chi connectivity index (χ3n) is 1.20. The summed E-state index contributed by atoms with van der Waals surface area (Å²) in [6.45, 7) is 1.84. The van der Waals surface area contributed by atoms with E-state index in [1.54, 1.807) is 7.05 Å². The Bertz CT molecular complexity index is 338. The molecule has 0 bridgehead atoms. The minimum absolute atomic E-state index is 0. The van der Waals surface area contributed by atoms with Gasteiger partial charge < -0.3 is 9.97 Å². The summed E-state index contributed by atoms with van der Waals surface area (Å²) in [4.78, 5) is 20.4. The SMILES string of the molecule is CN=c1[nH]c(=O)[n-]cc1C.[Rf]. The molecular formula is C6H8N3ORf-. The molecule has 0 saturated carbocycles. The Balaban J connectivity index is 0.000001000. The Morgan fingerprint density at radius 2 is 2.27 bits per heavy atom. The first kappa shape index (κ1) is 8.68. The number of aromatic amines is 1. The first-order chi connectivity index (χ1) is 4.74. The van der Waals surface area contributed by atoms with Crippen LogP contribution in [0.2, 0.25) is 0 Å². The predicted molar refractivity (Wildman–Crippen MR) is 36.6 cm³/mol. The Morgan fingerprint density at radius 1 is 1.64 bits per heavy atom. The molecule has 0 aliphatic rings. The molecule has 1 aromatic heterocycles. The number of nitrogens with one attached hydrogen (secondary N) is 1. The predicted octanol–water partition coefficient (Wildman–Crippen LogP) is -0.829. The summed E-state index contributed by atoms with van der Waals surface area (Å²) in [5, 5.41) is 0. The third-order valence-corrected chi connectivity index (χ3v) is 1.20. The van der Waals surface area contributed by atoms with Crippen LogP contribution in [0.1, 0.15) is 5.56 Å². The van der Waals surface area contributed by atoms with Gasteiger partial charge in [0.15, 0.2) is 5.69 Å². The minimum atomic E-state index is -0.355. The van der Waals surface area contributed by atoms with Crippen LogP contribution in [0.5, 0.6) is 0 Å². The van der Waals surface area contributed by atoms with Crippen molar-refractivity contribution in [3.8, 4) is 0 Å². The van der Waals surface area contributed by atoms with Crippen LogP contribution in [0.4, 0.5) is 0 Å². The molecule has 0 aliphatic heterocycles. The maximum Gasteiger partial charge on any atom is 0.160 e. The van der Waals surface area contributed by atoms with Gasteiger partial charge in [-0.15, -0.1) is 0 Å². The van der Waals surface area contributed by atoms with Crippen molar-refractivity contribution in [3.05, 3.63) is 27.7 Å². The van der Waals surface area contributed by atoms with Gasteiger partial charge in [-0.2, -0.15) is 0 Å². The average molecular weight is 405 g/mol. The zero-order valence-corrected chi connectivity index (χ0v) is 13.0. The molecule has 0 radical (unpaired) electrons. The van der Waals surface area contributed by atoms with Crippen LogP contribution < -0.4 is 16.2 Å². The van der Waals surface area contributed by atoms with Gasteiger partial charge in [-0.1, -0.05) is 6.20 Å². The van der Waals surface area contributed by atoms with Gasteiger partial charge in [0, 0.05) is 12.5 Å². The fraction of sp³-hybridized carbons (Fsp3) is 0.333. The summed E-state index contributed by atoms with van der Waals surface area (Å²) in [6.07, 6.45) is 1.50. The van der Waals surface area contributed by atoms with Gasteiger partial charge in [0.1, 0.15) is 0 Å². The topological polar surface area (TPSA) is 59.3 Å². The summed E-state index contributed by atoms with van der Waals surface area (Å²) in [7, 11) is 1.62. The van der Waals surface area contributed by atoms with Crippen molar-refractivity contribution in [2.75, 3.05) is 7.05 Å². The van der Waals surface area contributed by atoms with Crippen LogP contribution >= 0.6 is 0 Å². The van der Waals surface area contributed by atoms with Gasteiger partial charge in [-0.3, -0.25) is 9.79 Å². The Hall–Kier alpha value is -2.32.